The number of benzene rings is 1. The second kappa shape index (κ2) is 5.16. The van der Waals surface area contributed by atoms with Crippen LogP contribution in [0.25, 0.3) is 33.3 Å². The van der Waals surface area contributed by atoms with Gasteiger partial charge in [0, 0.05) is 17.0 Å². The normalized spacial score (nSPS) is 11.6. The van der Waals surface area contributed by atoms with Gasteiger partial charge < -0.3 is 10.2 Å². The van der Waals surface area contributed by atoms with Crippen LogP contribution in [0.2, 0.25) is 0 Å². The number of carbonyl (C=O) groups excluding carboxylic acids is 1. The number of aldehydes is 1. The number of anilines is 1. The highest BCUT2D eigenvalue weighted by Gasteiger charge is 2.19. The number of rotatable bonds is 3. The molecule has 7 nitrogen and oxygen atoms in total. The van der Waals surface area contributed by atoms with Gasteiger partial charge in [-0.05, 0) is 26.0 Å². The van der Waals surface area contributed by atoms with E-state index in [0.717, 1.165) is 17.2 Å². The minimum absolute atomic E-state index is 0.129. The highest BCUT2D eigenvalue weighted by Crippen LogP contribution is 2.33. The van der Waals surface area contributed by atoms with Crippen LogP contribution < -0.4 is 5.73 Å². The molecule has 24 heavy (non-hydrogen) atoms. The second-order valence-electron chi connectivity index (χ2n) is 5.86. The van der Waals surface area contributed by atoms with E-state index in [1.54, 1.807) is 0 Å². The largest absolute Gasteiger partial charge is 0.464 e. The predicted octanol–water partition coefficient (Wildman–Crippen LogP) is 3.22. The SMILES string of the molecule is CC(C)n1nc(-c2ccc3c(C=O)coc3c2)c2c(N)ncnc21. The average Bonchev–Trinajstić information content (AvgIpc) is 3.16. The first kappa shape index (κ1) is 14.4. The van der Waals surface area contributed by atoms with Crippen LogP contribution in [0.3, 0.4) is 0 Å². The summed E-state index contributed by atoms with van der Waals surface area (Å²) in [6.45, 7) is 4.06. The Morgan fingerprint density at radius 1 is 1.29 bits per heavy atom. The fourth-order valence-corrected chi connectivity index (χ4v) is 2.84. The van der Waals surface area contributed by atoms with Crippen LogP contribution in [0.1, 0.15) is 30.2 Å². The van der Waals surface area contributed by atoms with Gasteiger partial charge in [0.1, 0.15) is 29.7 Å². The molecule has 0 saturated carbocycles. The van der Waals surface area contributed by atoms with Crippen molar-refractivity contribution >= 4 is 34.1 Å². The standard InChI is InChI=1S/C17H15N5O2/c1-9(2)22-17-14(16(18)19-8-20-17)15(21-22)10-3-4-12-11(6-23)7-24-13(12)5-10/h3-9H,1-2H3,(H2,18,19,20). The first-order chi connectivity index (χ1) is 11.6. The molecule has 1 aromatic carbocycles. The third kappa shape index (κ3) is 1.98. The zero-order valence-electron chi connectivity index (χ0n) is 13.2. The van der Waals surface area contributed by atoms with Crippen molar-refractivity contribution in [2.24, 2.45) is 0 Å². The molecular weight excluding hydrogens is 306 g/mol. The summed E-state index contributed by atoms with van der Waals surface area (Å²) in [5, 5.41) is 6.16. The zero-order chi connectivity index (χ0) is 16.8. The number of nitrogen functional groups attached to an aromatic ring is 1. The van der Waals surface area contributed by atoms with E-state index in [-0.39, 0.29) is 6.04 Å². The van der Waals surface area contributed by atoms with Gasteiger partial charge in [0.25, 0.3) is 0 Å². The van der Waals surface area contributed by atoms with Crippen LogP contribution in [0, 0.1) is 0 Å². The van der Waals surface area contributed by atoms with Gasteiger partial charge in [-0.15, -0.1) is 0 Å². The monoisotopic (exact) mass is 321 g/mol. The Bertz CT molecular complexity index is 1080. The number of carbonyl (C=O) groups is 1. The number of fused-ring (bicyclic) bond motifs is 2. The minimum Gasteiger partial charge on any atom is -0.464 e. The molecule has 3 aromatic heterocycles. The van der Waals surface area contributed by atoms with Gasteiger partial charge in [0.05, 0.1) is 10.9 Å². The molecule has 0 spiro atoms. The summed E-state index contributed by atoms with van der Waals surface area (Å²) >= 11 is 0. The van der Waals surface area contributed by atoms with Gasteiger partial charge in [0.2, 0.25) is 0 Å². The molecule has 0 saturated heterocycles. The fourth-order valence-electron chi connectivity index (χ4n) is 2.84. The van der Waals surface area contributed by atoms with Crippen molar-refractivity contribution in [1.29, 1.82) is 0 Å². The maximum absolute atomic E-state index is 11.0. The van der Waals surface area contributed by atoms with Crippen LogP contribution in [0.5, 0.6) is 0 Å². The Morgan fingerprint density at radius 3 is 2.88 bits per heavy atom. The van der Waals surface area contributed by atoms with E-state index in [1.165, 1.54) is 12.6 Å². The molecule has 4 rings (SSSR count). The molecule has 3 heterocycles. The van der Waals surface area contributed by atoms with Gasteiger partial charge in [0.15, 0.2) is 11.9 Å². The molecule has 0 fully saturated rings. The lowest BCUT2D eigenvalue weighted by Crippen LogP contribution is -2.04. The summed E-state index contributed by atoms with van der Waals surface area (Å²) in [4.78, 5) is 19.4. The molecule has 0 aliphatic heterocycles. The van der Waals surface area contributed by atoms with Gasteiger partial charge in [-0.1, -0.05) is 6.07 Å². The van der Waals surface area contributed by atoms with E-state index in [2.05, 4.69) is 15.1 Å². The summed E-state index contributed by atoms with van der Waals surface area (Å²) in [6, 6.07) is 5.72. The molecule has 0 unspecified atom stereocenters. The van der Waals surface area contributed by atoms with Crippen molar-refractivity contribution in [3.05, 3.63) is 36.4 Å². The Kier molecular flexibility index (Phi) is 3.09. The van der Waals surface area contributed by atoms with Gasteiger partial charge >= 0.3 is 0 Å². The number of aromatic nitrogens is 4. The maximum Gasteiger partial charge on any atom is 0.164 e. The van der Waals surface area contributed by atoms with Crippen molar-refractivity contribution < 1.29 is 9.21 Å². The number of nitrogens with two attached hydrogens (primary N) is 1. The van der Waals surface area contributed by atoms with E-state index < -0.39 is 0 Å². The van der Waals surface area contributed by atoms with Crippen molar-refractivity contribution in [3.63, 3.8) is 0 Å². The zero-order valence-corrected chi connectivity index (χ0v) is 13.2. The molecule has 0 radical (unpaired) electrons. The second-order valence-corrected chi connectivity index (χ2v) is 5.86. The van der Waals surface area contributed by atoms with Gasteiger partial charge in [-0.25, -0.2) is 14.6 Å². The molecule has 0 aliphatic carbocycles. The van der Waals surface area contributed by atoms with Crippen LogP contribution in [0.15, 0.2) is 35.2 Å². The van der Waals surface area contributed by atoms with Crippen LogP contribution in [0.4, 0.5) is 5.82 Å². The van der Waals surface area contributed by atoms with Gasteiger partial charge in [-0.2, -0.15) is 5.10 Å². The Hall–Kier alpha value is -3.22. The molecule has 7 heteroatoms. The Labute approximate surface area is 137 Å². The van der Waals surface area contributed by atoms with Crippen LogP contribution >= 0.6 is 0 Å². The third-order valence-electron chi connectivity index (χ3n) is 4.01. The molecule has 2 N–H and O–H groups in total. The predicted molar refractivity (Wildman–Crippen MR) is 90.7 cm³/mol. The molecule has 120 valence electrons. The summed E-state index contributed by atoms with van der Waals surface area (Å²) in [5.74, 6) is 0.384. The van der Waals surface area contributed by atoms with E-state index in [4.69, 9.17) is 10.2 Å². The highest BCUT2D eigenvalue weighted by atomic mass is 16.3. The van der Waals surface area contributed by atoms with E-state index >= 15 is 0 Å². The lowest BCUT2D eigenvalue weighted by atomic mass is 10.1. The van der Waals surface area contributed by atoms with Gasteiger partial charge in [-0.3, -0.25) is 4.79 Å². The smallest absolute Gasteiger partial charge is 0.164 e. The molecule has 0 aliphatic rings. The number of furan rings is 1. The summed E-state index contributed by atoms with van der Waals surface area (Å²) in [7, 11) is 0. The molecule has 0 bridgehead atoms. The lowest BCUT2D eigenvalue weighted by molar-refractivity contribution is 0.112. The molecular formula is C17H15N5O2. The lowest BCUT2D eigenvalue weighted by Gasteiger charge is -2.05. The summed E-state index contributed by atoms with van der Waals surface area (Å²) in [6.07, 6.45) is 3.66. The van der Waals surface area contributed by atoms with Crippen molar-refractivity contribution in [2.45, 2.75) is 19.9 Å². The van der Waals surface area contributed by atoms with E-state index in [1.807, 2.05) is 36.7 Å². The quantitative estimate of drug-likeness (QED) is 0.582. The highest BCUT2D eigenvalue weighted by molar-refractivity contribution is 6.01. The molecule has 0 atom stereocenters. The fraction of sp³-hybridized carbons (Fsp3) is 0.176. The Balaban J connectivity index is 2.01. The van der Waals surface area contributed by atoms with Crippen LogP contribution in [-0.2, 0) is 0 Å². The average molecular weight is 321 g/mol. The Morgan fingerprint density at radius 2 is 2.12 bits per heavy atom. The van der Waals surface area contributed by atoms with E-state index in [0.29, 0.717) is 33.7 Å². The number of hydrogen-bond acceptors (Lipinski definition) is 6. The molecule has 0 amide bonds. The summed E-state index contributed by atoms with van der Waals surface area (Å²) < 4.78 is 7.30. The third-order valence-corrected chi connectivity index (χ3v) is 4.01. The van der Waals surface area contributed by atoms with Crippen molar-refractivity contribution in [3.8, 4) is 11.3 Å². The first-order valence-electron chi connectivity index (χ1n) is 7.55. The summed E-state index contributed by atoms with van der Waals surface area (Å²) in [5.41, 5.74) is 9.44. The molecule has 4 aromatic rings. The van der Waals surface area contributed by atoms with E-state index in [9.17, 15) is 4.79 Å². The number of nitrogens with zero attached hydrogens (tertiary/aromatic N) is 4. The maximum atomic E-state index is 11.0. The minimum atomic E-state index is 0.129. The van der Waals surface area contributed by atoms with Crippen molar-refractivity contribution in [2.75, 3.05) is 5.73 Å². The first-order valence-corrected chi connectivity index (χ1v) is 7.55. The number of hydrogen-bond donors (Lipinski definition) is 1. The van der Waals surface area contributed by atoms with Crippen molar-refractivity contribution in [1.82, 2.24) is 19.7 Å². The topological polar surface area (TPSA) is 99.8 Å². The van der Waals surface area contributed by atoms with Crippen LogP contribution in [-0.4, -0.2) is 26.0 Å².